The Balaban J connectivity index is 0.0000120. The third kappa shape index (κ3) is 13.1. The Morgan fingerprint density at radius 3 is 2.18 bits per heavy atom. The number of ether oxygens (including phenoxy) is 1. The van der Waals surface area contributed by atoms with E-state index in [1.165, 1.54) is 0 Å². The van der Waals surface area contributed by atoms with Crippen molar-refractivity contribution in [2.45, 2.75) is 131 Å². The third-order valence-corrected chi connectivity index (χ3v) is 9.82. The van der Waals surface area contributed by atoms with Gasteiger partial charge in [-0.2, -0.15) is 0 Å². The van der Waals surface area contributed by atoms with Gasteiger partial charge in [0.15, 0.2) is 0 Å². The molecule has 0 radical (unpaired) electrons. The molecule has 7 atom stereocenters. The van der Waals surface area contributed by atoms with Gasteiger partial charge in [-0.1, -0.05) is 67.0 Å². The summed E-state index contributed by atoms with van der Waals surface area (Å²) >= 11 is 0. The number of methoxy groups -OCH3 is 1. The van der Waals surface area contributed by atoms with Gasteiger partial charge in [0.25, 0.3) is 5.69 Å². The fourth-order valence-electron chi connectivity index (χ4n) is 6.82. The standard InChI is InChI=1S/C37H61N5O6.Li/c1-11-25(6)30(41(9)37(46)34(24(4)5)39-32(43)21-23(2)3)18-19-33(44)42-20-12-13-31(42)35(48-10)27(8)36(45)38-26(7)22-28-14-16-29(40-47)17-15-28;/h14-17,23-27,30-31,34-35H,11-13,18-22H2,1-10H3,(H,38,45)(H,39,43);/q;+1/p+1/t25-,26+,27-,30+,31+,34+,35-;/m1./s1. The Morgan fingerprint density at radius 2 is 1.65 bits per heavy atom. The van der Waals surface area contributed by atoms with Gasteiger partial charge in [0.1, 0.15) is 6.04 Å². The molecule has 1 aliphatic heterocycles. The van der Waals surface area contributed by atoms with E-state index in [0.717, 1.165) is 24.8 Å². The number of benzene rings is 1. The summed E-state index contributed by atoms with van der Waals surface area (Å²) in [4.78, 5) is 67.9. The summed E-state index contributed by atoms with van der Waals surface area (Å²) in [6.07, 6.45) is 3.69. The zero-order valence-corrected chi connectivity index (χ0v) is 32.0. The van der Waals surface area contributed by atoms with Crippen LogP contribution in [-0.2, 0) is 30.3 Å². The van der Waals surface area contributed by atoms with Gasteiger partial charge in [-0.25, -0.2) is 0 Å². The van der Waals surface area contributed by atoms with Crippen LogP contribution in [0.15, 0.2) is 24.3 Å². The average molecular weight is 680 g/mol. The van der Waals surface area contributed by atoms with Crippen LogP contribution in [0.5, 0.6) is 0 Å². The molecule has 0 bridgehead atoms. The number of amides is 4. The SMILES string of the molecule is CC[C@@H](C)[C@H](CCC(=O)N1CCC[C@H]1[C@H](OC)[C@@H](C)C(=O)N[C@@H](C)Cc1ccc([NH+]=O)cc1)N(C)C(=O)[C@@H](NC(=O)CC(C)C)C(C)C.[Li+]. The smallest absolute Gasteiger partial charge is 0.378 e. The van der Waals surface area contributed by atoms with E-state index in [0.29, 0.717) is 31.5 Å². The van der Waals surface area contributed by atoms with Crippen molar-refractivity contribution in [3.63, 3.8) is 0 Å². The molecular weight excluding hydrogens is 617 g/mol. The van der Waals surface area contributed by atoms with Crippen molar-refractivity contribution >= 4 is 29.3 Å². The molecule has 49 heavy (non-hydrogen) atoms. The van der Waals surface area contributed by atoms with Crippen LogP contribution in [0, 0.1) is 28.6 Å². The number of carbonyl (C=O) groups excluding carboxylic acids is 4. The number of nitroso groups, excluding NO2 is 1. The Hall–Kier alpha value is -2.74. The number of hydrogen-bond donors (Lipinski definition) is 3. The van der Waals surface area contributed by atoms with Crippen LogP contribution in [0.1, 0.15) is 99.5 Å². The molecular formula is C37H62LiN5O6+2. The molecule has 3 N–H and O–H groups in total. The van der Waals surface area contributed by atoms with Gasteiger partial charge in [-0.05, 0) is 55.9 Å². The summed E-state index contributed by atoms with van der Waals surface area (Å²) in [5.41, 5.74) is 1.49. The molecule has 270 valence electrons. The van der Waals surface area contributed by atoms with Gasteiger partial charge >= 0.3 is 18.9 Å². The van der Waals surface area contributed by atoms with Crippen molar-refractivity contribution in [2.75, 3.05) is 20.7 Å². The van der Waals surface area contributed by atoms with Gasteiger partial charge in [-0.3, -0.25) is 19.2 Å². The third-order valence-electron chi connectivity index (χ3n) is 9.82. The van der Waals surface area contributed by atoms with E-state index >= 15 is 0 Å². The quantitative estimate of drug-likeness (QED) is 0.184. The molecule has 0 aromatic heterocycles. The second kappa shape index (κ2) is 21.5. The number of likely N-dealkylation sites (tertiary alicyclic amines) is 1. The monoisotopic (exact) mass is 679 g/mol. The van der Waals surface area contributed by atoms with E-state index in [1.807, 2.05) is 63.8 Å². The molecule has 11 nitrogen and oxygen atoms in total. The van der Waals surface area contributed by atoms with Crippen molar-refractivity contribution in [2.24, 2.45) is 23.7 Å². The first-order valence-corrected chi connectivity index (χ1v) is 17.8. The molecule has 0 aliphatic carbocycles. The number of carbonyl (C=O) groups is 4. The number of rotatable bonds is 19. The van der Waals surface area contributed by atoms with Crippen LogP contribution in [0.25, 0.3) is 0 Å². The molecule has 0 unspecified atom stereocenters. The molecule has 1 aliphatic rings. The topological polar surface area (TPSA) is 139 Å². The number of likely N-dealkylation sites (N-methyl/N-ethyl adjacent to an activating group) is 1. The number of nitrogens with zero attached hydrogens (tertiary/aromatic N) is 2. The normalized spacial score (nSPS) is 18.1. The molecule has 0 spiro atoms. The minimum Gasteiger partial charge on any atom is -0.378 e. The van der Waals surface area contributed by atoms with Gasteiger partial charge in [-0.15, -0.1) is 0 Å². The van der Waals surface area contributed by atoms with Crippen LogP contribution in [0.2, 0.25) is 0 Å². The van der Waals surface area contributed by atoms with Crippen molar-refractivity contribution in [3.05, 3.63) is 34.7 Å². The molecule has 1 heterocycles. The number of nitrogens with one attached hydrogen (secondary N) is 3. The maximum Gasteiger partial charge on any atom is 1.00 e. The zero-order chi connectivity index (χ0) is 36.1. The molecule has 2 rings (SSSR count). The molecule has 4 amide bonds. The van der Waals surface area contributed by atoms with Crippen LogP contribution in [0.3, 0.4) is 0 Å². The van der Waals surface area contributed by atoms with Gasteiger partial charge in [0.05, 0.1) is 18.1 Å². The first-order valence-electron chi connectivity index (χ1n) is 17.8. The van der Waals surface area contributed by atoms with E-state index in [9.17, 15) is 24.1 Å². The molecule has 1 aromatic carbocycles. The van der Waals surface area contributed by atoms with Gasteiger partial charge < -0.3 is 25.2 Å². The van der Waals surface area contributed by atoms with Crippen LogP contribution in [-0.4, -0.2) is 84.4 Å². The predicted octanol–water partition coefficient (Wildman–Crippen LogP) is 0.699. The Morgan fingerprint density at radius 1 is 1.02 bits per heavy atom. The zero-order valence-electron chi connectivity index (χ0n) is 32.0. The largest absolute Gasteiger partial charge is 1.00 e. The molecule has 1 fully saturated rings. The summed E-state index contributed by atoms with van der Waals surface area (Å²) in [7, 11) is 3.38. The van der Waals surface area contributed by atoms with Gasteiger partial charge in [0, 0.05) is 67.8 Å². The summed E-state index contributed by atoms with van der Waals surface area (Å²) < 4.78 is 5.90. The summed E-state index contributed by atoms with van der Waals surface area (Å²) in [5, 5.41) is 7.92. The molecule has 12 heteroatoms. The summed E-state index contributed by atoms with van der Waals surface area (Å²) in [6.45, 7) is 16.4. The number of hydrogen-bond acceptors (Lipinski definition) is 6. The van der Waals surface area contributed by atoms with E-state index < -0.39 is 18.1 Å². The Bertz CT molecular complexity index is 1210. The van der Waals surface area contributed by atoms with Crippen LogP contribution in [0.4, 0.5) is 5.69 Å². The minimum absolute atomic E-state index is 0. The van der Waals surface area contributed by atoms with Crippen LogP contribution < -0.4 is 34.7 Å². The molecule has 1 aromatic rings. The van der Waals surface area contributed by atoms with E-state index in [2.05, 4.69) is 24.5 Å². The van der Waals surface area contributed by atoms with E-state index in [1.54, 1.807) is 31.2 Å². The van der Waals surface area contributed by atoms with Crippen molar-refractivity contribution in [3.8, 4) is 0 Å². The van der Waals surface area contributed by atoms with Gasteiger partial charge in [0.2, 0.25) is 23.6 Å². The fraction of sp³-hybridized carbons (Fsp3) is 0.730. The van der Waals surface area contributed by atoms with Crippen molar-refractivity contribution in [1.29, 1.82) is 0 Å². The van der Waals surface area contributed by atoms with Crippen LogP contribution >= 0.6 is 0 Å². The first-order chi connectivity index (χ1) is 22.6. The summed E-state index contributed by atoms with van der Waals surface area (Å²) in [5.74, 6) is -0.630. The molecule has 0 saturated carbocycles. The van der Waals surface area contributed by atoms with E-state index in [-0.39, 0.29) is 84.8 Å². The van der Waals surface area contributed by atoms with Crippen molar-refractivity contribution < 1.29 is 48.0 Å². The Labute approximate surface area is 306 Å². The van der Waals surface area contributed by atoms with Crippen molar-refractivity contribution in [1.82, 2.24) is 20.4 Å². The average Bonchev–Trinajstić information content (AvgIpc) is 3.52. The maximum atomic E-state index is 13.8. The summed E-state index contributed by atoms with van der Waals surface area (Å²) in [6, 6.07) is 5.97. The first kappa shape index (κ1) is 44.3. The second-order valence-corrected chi connectivity index (χ2v) is 14.5. The maximum absolute atomic E-state index is 13.8. The minimum atomic E-state index is -0.633. The Kier molecular flexibility index (Phi) is 19.4. The molecule has 1 saturated heterocycles. The predicted molar refractivity (Wildman–Crippen MR) is 188 cm³/mol. The van der Waals surface area contributed by atoms with E-state index in [4.69, 9.17) is 4.74 Å². The fourth-order valence-corrected chi connectivity index (χ4v) is 6.82. The second-order valence-electron chi connectivity index (χ2n) is 14.5.